The zero-order valence-electron chi connectivity index (χ0n) is 24.8. The Balaban J connectivity index is 1.50. The average molecular weight is 583 g/mol. The molecule has 0 fully saturated rings. The van der Waals surface area contributed by atoms with E-state index in [9.17, 15) is 4.79 Å². The summed E-state index contributed by atoms with van der Waals surface area (Å²) in [6.07, 6.45) is 1.83. The Hall–Kier alpha value is -5.27. The average Bonchev–Trinajstić information content (AvgIpc) is 3.45. The Morgan fingerprint density at radius 1 is 0.795 bits per heavy atom. The molecule has 0 aliphatic rings. The maximum Gasteiger partial charge on any atom is 0.242 e. The lowest BCUT2D eigenvalue weighted by atomic mass is 9.77. The first-order chi connectivity index (χ1) is 21.6. The SMILES string of the molecule is COC[C@@H](NC(=O)Cc1cc2c(cn1)c(OC)nn2C(c1ccccc1)(c1ccccc1)c1ccccc1)c1ccccc1. The van der Waals surface area contributed by atoms with E-state index in [1.54, 1.807) is 20.4 Å². The van der Waals surface area contributed by atoms with Crippen molar-refractivity contribution in [3.63, 3.8) is 0 Å². The van der Waals surface area contributed by atoms with Gasteiger partial charge >= 0.3 is 0 Å². The Morgan fingerprint density at radius 3 is 1.82 bits per heavy atom. The van der Waals surface area contributed by atoms with Crippen LogP contribution in [-0.4, -0.2) is 41.5 Å². The number of nitrogens with one attached hydrogen (secondary N) is 1. The number of fused-ring (bicyclic) bond motifs is 1. The van der Waals surface area contributed by atoms with E-state index in [1.165, 1.54) is 0 Å². The van der Waals surface area contributed by atoms with Crippen LogP contribution in [0.3, 0.4) is 0 Å². The number of carbonyl (C=O) groups is 1. The van der Waals surface area contributed by atoms with Crippen molar-refractivity contribution >= 4 is 16.8 Å². The van der Waals surface area contributed by atoms with Crippen LogP contribution < -0.4 is 10.1 Å². The highest BCUT2D eigenvalue weighted by atomic mass is 16.5. The van der Waals surface area contributed by atoms with Crippen molar-refractivity contribution in [3.8, 4) is 5.88 Å². The van der Waals surface area contributed by atoms with Gasteiger partial charge in [-0.25, -0.2) is 4.68 Å². The van der Waals surface area contributed by atoms with E-state index < -0.39 is 5.54 Å². The minimum absolute atomic E-state index is 0.0888. The second-order valence-corrected chi connectivity index (χ2v) is 10.6. The fourth-order valence-corrected chi connectivity index (χ4v) is 5.92. The first kappa shape index (κ1) is 28.8. The maximum atomic E-state index is 13.4. The number of ether oxygens (including phenoxy) is 2. The zero-order valence-corrected chi connectivity index (χ0v) is 24.8. The summed E-state index contributed by atoms with van der Waals surface area (Å²) in [5.41, 5.74) is 4.64. The molecule has 0 aliphatic carbocycles. The van der Waals surface area contributed by atoms with Crippen molar-refractivity contribution in [1.82, 2.24) is 20.1 Å². The first-order valence-electron chi connectivity index (χ1n) is 14.6. The van der Waals surface area contributed by atoms with Crippen molar-refractivity contribution in [2.75, 3.05) is 20.8 Å². The molecule has 7 nitrogen and oxygen atoms in total. The number of nitrogens with zero attached hydrogens (tertiary/aromatic N) is 3. The molecule has 4 aromatic carbocycles. The molecule has 0 spiro atoms. The van der Waals surface area contributed by atoms with Crippen LogP contribution in [0.4, 0.5) is 0 Å². The molecule has 1 atom stereocenters. The Bertz CT molecular complexity index is 1730. The molecule has 7 heteroatoms. The lowest BCUT2D eigenvalue weighted by Crippen LogP contribution is -2.38. The lowest BCUT2D eigenvalue weighted by Gasteiger charge is -2.36. The van der Waals surface area contributed by atoms with Crippen LogP contribution in [0, 0.1) is 0 Å². The smallest absolute Gasteiger partial charge is 0.242 e. The number of rotatable bonds is 11. The first-order valence-corrected chi connectivity index (χ1v) is 14.6. The second kappa shape index (κ2) is 12.9. The van der Waals surface area contributed by atoms with E-state index in [1.807, 2.05) is 95.7 Å². The number of hydrogen-bond donors (Lipinski definition) is 1. The van der Waals surface area contributed by atoms with Crippen LogP contribution in [0.25, 0.3) is 10.9 Å². The van der Waals surface area contributed by atoms with Crippen molar-refractivity contribution in [3.05, 3.63) is 162 Å². The van der Waals surface area contributed by atoms with Gasteiger partial charge in [0.25, 0.3) is 0 Å². The summed E-state index contributed by atoms with van der Waals surface area (Å²) in [7, 11) is 3.24. The number of aromatic nitrogens is 3. The van der Waals surface area contributed by atoms with E-state index in [2.05, 4.69) is 46.7 Å². The zero-order chi connectivity index (χ0) is 30.4. The maximum absolute atomic E-state index is 13.4. The van der Waals surface area contributed by atoms with Crippen LogP contribution in [0.15, 0.2) is 134 Å². The fourth-order valence-electron chi connectivity index (χ4n) is 5.92. The summed E-state index contributed by atoms with van der Waals surface area (Å²) < 4.78 is 13.2. The van der Waals surface area contributed by atoms with E-state index >= 15 is 0 Å². The molecule has 6 aromatic rings. The minimum atomic E-state index is -0.851. The summed E-state index contributed by atoms with van der Waals surface area (Å²) in [4.78, 5) is 18.0. The lowest BCUT2D eigenvalue weighted by molar-refractivity contribution is -0.121. The number of benzene rings is 4. The molecule has 1 N–H and O–H groups in total. The third-order valence-corrected chi connectivity index (χ3v) is 7.89. The van der Waals surface area contributed by atoms with Crippen LogP contribution >= 0.6 is 0 Å². The van der Waals surface area contributed by atoms with Crippen molar-refractivity contribution in [2.24, 2.45) is 0 Å². The van der Waals surface area contributed by atoms with E-state index in [4.69, 9.17) is 14.6 Å². The molecular formula is C37H34N4O3. The van der Waals surface area contributed by atoms with Crippen LogP contribution in [0.5, 0.6) is 5.88 Å². The van der Waals surface area contributed by atoms with Crippen LogP contribution in [0.1, 0.15) is 34.0 Å². The number of methoxy groups -OCH3 is 2. The Labute approximate surface area is 257 Å². The topological polar surface area (TPSA) is 78.3 Å². The molecule has 0 radical (unpaired) electrons. The molecule has 0 unspecified atom stereocenters. The van der Waals surface area contributed by atoms with Gasteiger partial charge in [0, 0.05) is 13.3 Å². The standard InChI is InChI=1S/C37H34N4O3/c1-43-26-33(27-15-7-3-8-16-27)39-35(42)24-31-23-34-32(25-38-31)36(44-2)40-41(34)37(28-17-9-4-10-18-28,29-19-11-5-12-20-29)30-21-13-6-14-22-30/h3-23,25,33H,24,26H2,1-2H3,(H,39,42)/t33-/m1/s1. The third kappa shape index (κ3) is 5.45. The molecular weight excluding hydrogens is 548 g/mol. The van der Waals surface area contributed by atoms with Gasteiger partial charge in [0.15, 0.2) is 0 Å². The molecule has 44 heavy (non-hydrogen) atoms. The van der Waals surface area contributed by atoms with Crippen LogP contribution in [0.2, 0.25) is 0 Å². The van der Waals surface area contributed by atoms with Crippen molar-refractivity contribution in [1.29, 1.82) is 0 Å². The third-order valence-electron chi connectivity index (χ3n) is 7.89. The van der Waals surface area contributed by atoms with Gasteiger partial charge in [0.2, 0.25) is 11.8 Å². The van der Waals surface area contributed by atoms with Crippen molar-refractivity contribution < 1.29 is 14.3 Å². The van der Waals surface area contributed by atoms with Gasteiger partial charge in [-0.1, -0.05) is 121 Å². The summed E-state index contributed by atoms with van der Waals surface area (Å²) in [6, 6.07) is 42.5. The molecule has 2 aromatic heterocycles. The van der Waals surface area contributed by atoms with Gasteiger partial charge in [0.05, 0.1) is 42.8 Å². The molecule has 6 rings (SSSR count). The highest BCUT2D eigenvalue weighted by Gasteiger charge is 2.41. The molecule has 0 saturated heterocycles. The monoisotopic (exact) mass is 582 g/mol. The van der Waals surface area contributed by atoms with Gasteiger partial charge in [-0.3, -0.25) is 9.78 Å². The van der Waals surface area contributed by atoms with Gasteiger partial charge in [-0.2, -0.15) is 0 Å². The van der Waals surface area contributed by atoms with E-state index in [-0.39, 0.29) is 18.4 Å². The van der Waals surface area contributed by atoms with Crippen LogP contribution in [-0.2, 0) is 21.5 Å². The summed E-state index contributed by atoms with van der Waals surface area (Å²) in [5.74, 6) is 0.307. The molecule has 220 valence electrons. The quantitative estimate of drug-likeness (QED) is 0.181. The second-order valence-electron chi connectivity index (χ2n) is 10.6. The largest absolute Gasteiger partial charge is 0.479 e. The summed E-state index contributed by atoms with van der Waals surface area (Å²) in [6.45, 7) is 0.361. The highest BCUT2D eigenvalue weighted by Crippen LogP contribution is 2.43. The number of pyridine rings is 1. The molecule has 0 saturated carbocycles. The highest BCUT2D eigenvalue weighted by molar-refractivity contribution is 5.86. The predicted octanol–water partition coefficient (Wildman–Crippen LogP) is 6.33. The van der Waals surface area contributed by atoms with Gasteiger partial charge < -0.3 is 14.8 Å². The van der Waals surface area contributed by atoms with Gasteiger partial charge in [-0.05, 0) is 28.3 Å². The summed E-state index contributed by atoms with van der Waals surface area (Å²) >= 11 is 0. The van der Waals surface area contributed by atoms with Crippen molar-refractivity contribution in [2.45, 2.75) is 18.0 Å². The Morgan fingerprint density at radius 2 is 1.32 bits per heavy atom. The normalized spacial score (nSPS) is 12.1. The van der Waals surface area contributed by atoms with Gasteiger partial charge in [-0.15, -0.1) is 5.10 Å². The molecule has 1 amide bonds. The Kier molecular flexibility index (Phi) is 8.48. The molecule has 2 heterocycles. The fraction of sp³-hybridized carbons (Fsp3) is 0.162. The number of carbonyl (C=O) groups excluding carboxylic acids is 1. The molecule has 0 bridgehead atoms. The van der Waals surface area contributed by atoms with E-state index in [0.717, 1.165) is 33.2 Å². The molecule has 0 aliphatic heterocycles. The number of hydrogen-bond acceptors (Lipinski definition) is 5. The number of amides is 1. The summed E-state index contributed by atoms with van der Waals surface area (Å²) in [5, 5.41) is 8.95. The predicted molar refractivity (Wildman–Crippen MR) is 172 cm³/mol. The van der Waals surface area contributed by atoms with E-state index in [0.29, 0.717) is 18.2 Å². The minimum Gasteiger partial charge on any atom is -0.479 e. The van der Waals surface area contributed by atoms with Gasteiger partial charge in [0.1, 0.15) is 5.54 Å².